The number of hydrogen-bond donors (Lipinski definition) is 0. The third-order valence-electron chi connectivity index (χ3n) is 2.65. The number of aryl methyl sites for hydroxylation is 2. The van der Waals surface area contributed by atoms with Crippen LogP contribution in [0, 0.1) is 6.92 Å². The SMILES string of the molecule is Cc1nc2c(s1)CCCC2(C)C. The second kappa shape index (κ2) is 2.56. The first-order chi connectivity index (χ1) is 5.59. The molecular weight excluding hydrogens is 166 g/mol. The van der Waals surface area contributed by atoms with Crippen LogP contribution in [0.25, 0.3) is 0 Å². The molecule has 1 aromatic rings. The van der Waals surface area contributed by atoms with E-state index in [-0.39, 0.29) is 0 Å². The van der Waals surface area contributed by atoms with Gasteiger partial charge in [0.25, 0.3) is 0 Å². The topological polar surface area (TPSA) is 12.9 Å². The van der Waals surface area contributed by atoms with Crippen molar-refractivity contribution in [3.8, 4) is 0 Å². The lowest BCUT2D eigenvalue weighted by molar-refractivity contribution is 0.423. The Kier molecular flexibility index (Phi) is 1.76. The van der Waals surface area contributed by atoms with Crippen LogP contribution in [-0.2, 0) is 11.8 Å². The summed E-state index contributed by atoms with van der Waals surface area (Å²) in [6.07, 6.45) is 3.88. The van der Waals surface area contributed by atoms with Crippen molar-refractivity contribution in [2.75, 3.05) is 0 Å². The minimum atomic E-state index is 0.332. The minimum Gasteiger partial charge on any atom is -0.246 e. The summed E-state index contributed by atoms with van der Waals surface area (Å²) in [5.74, 6) is 0. The average molecular weight is 181 g/mol. The molecule has 0 bridgehead atoms. The van der Waals surface area contributed by atoms with Gasteiger partial charge in [0, 0.05) is 10.3 Å². The molecule has 66 valence electrons. The molecule has 1 aromatic heterocycles. The van der Waals surface area contributed by atoms with Crippen molar-refractivity contribution >= 4 is 11.3 Å². The molecule has 12 heavy (non-hydrogen) atoms. The van der Waals surface area contributed by atoms with Gasteiger partial charge in [-0.1, -0.05) is 13.8 Å². The fraction of sp³-hybridized carbons (Fsp3) is 0.700. The number of nitrogens with zero attached hydrogens (tertiary/aromatic N) is 1. The molecule has 0 aliphatic heterocycles. The highest BCUT2D eigenvalue weighted by Gasteiger charge is 2.30. The first-order valence-electron chi connectivity index (χ1n) is 4.56. The number of thiazole rings is 1. The molecular formula is C10H15NS. The van der Waals surface area contributed by atoms with Crippen LogP contribution in [0.1, 0.15) is 42.3 Å². The van der Waals surface area contributed by atoms with E-state index in [2.05, 4.69) is 25.8 Å². The van der Waals surface area contributed by atoms with Gasteiger partial charge < -0.3 is 0 Å². The Bertz CT molecular complexity index is 299. The highest BCUT2D eigenvalue weighted by Crippen LogP contribution is 2.38. The number of rotatable bonds is 0. The zero-order valence-electron chi connectivity index (χ0n) is 7.98. The van der Waals surface area contributed by atoms with E-state index in [0.29, 0.717) is 5.41 Å². The molecule has 0 atom stereocenters. The van der Waals surface area contributed by atoms with Crippen LogP contribution in [0.15, 0.2) is 0 Å². The lowest BCUT2D eigenvalue weighted by atomic mass is 9.79. The fourth-order valence-corrected chi connectivity index (χ4v) is 3.14. The van der Waals surface area contributed by atoms with E-state index in [0.717, 1.165) is 0 Å². The molecule has 1 heterocycles. The van der Waals surface area contributed by atoms with E-state index in [1.165, 1.54) is 34.8 Å². The van der Waals surface area contributed by atoms with Crippen LogP contribution in [0.5, 0.6) is 0 Å². The minimum absolute atomic E-state index is 0.332. The Morgan fingerprint density at radius 3 is 2.83 bits per heavy atom. The van der Waals surface area contributed by atoms with Crippen molar-refractivity contribution in [3.63, 3.8) is 0 Å². The first-order valence-corrected chi connectivity index (χ1v) is 5.38. The molecule has 0 amide bonds. The van der Waals surface area contributed by atoms with E-state index in [4.69, 9.17) is 0 Å². The zero-order chi connectivity index (χ0) is 8.77. The first kappa shape index (κ1) is 8.24. The molecule has 2 heteroatoms. The van der Waals surface area contributed by atoms with E-state index in [9.17, 15) is 0 Å². The van der Waals surface area contributed by atoms with Crippen LogP contribution in [0.4, 0.5) is 0 Å². The van der Waals surface area contributed by atoms with Gasteiger partial charge in [0.1, 0.15) is 0 Å². The monoisotopic (exact) mass is 181 g/mol. The normalized spacial score (nSPS) is 20.6. The average Bonchev–Trinajstić information content (AvgIpc) is 2.30. The van der Waals surface area contributed by atoms with E-state index < -0.39 is 0 Å². The Morgan fingerprint density at radius 2 is 2.17 bits per heavy atom. The lowest BCUT2D eigenvalue weighted by Gasteiger charge is -2.28. The molecule has 0 N–H and O–H groups in total. The standard InChI is InChI=1S/C10H15NS/c1-7-11-9-8(12-7)5-4-6-10(9,2)3/h4-6H2,1-3H3. The molecule has 0 fully saturated rings. The summed E-state index contributed by atoms with van der Waals surface area (Å²) < 4.78 is 0. The summed E-state index contributed by atoms with van der Waals surface area (Å²) in [5.41, 5.74) is 1.70. The third-order valence-corrected chi connectivity index (χ3v) is 3.68. The van der Waals surface area contributed by atoms with Crippen LogP contribution in [0.3, 0.4) is 0 Å². The van der Waals surface area contributed by atoms with Crippen LogP contribution in [0.2, 0.25) is 0 Å². The molecule has 0 saturated carbocycles. The van der Waals surface area contributed by atoms with Gasteiger partial charge in [-0.2, -0.15) is 0 Å². The predicted molar refractivity (Wildman–Crippen MR) is 52.8 cm³/mol. The summed E-state index contributed by atoms with van der Waals surface area (Å²) in [5, 5.41) is 1.23. The van der Waals surface area contributed by atoms with Crippen molar-refractivity contribution in [1.29, 1.82) is 0 Å². The van der Waals surface area contributed by atoms with Crippen molar-refractivity contribution in [3.05, 3.63) is 15.6 Å². The van der Waals surface area contributed by atoms with Crippen molar-refractivity contribution in [1.82, 2.24) is 4.98 Å². The number of hydrogen-bond acceptors (Lipinski definition) is 2. The van der Waals surface area contributed by atoms with Crippen molar-refractivity contribution in [2.24, 2.45) is 0 Å². The van der Waals surface area contributed by atoms with Crippen molar-refractivity contribution in [2.45, 2.75) is 45.4 Å². The molecule has 0 radical (unpaired) electrons. The Labute approximate surface area is 77.8 Å². The van der Waals surface area contributed by atoms with Gasteiger partial charge >= 0.3 is 0 Å². The second-order valence-corrected chi connectivity index (χ2v) is 5.53. The lowest BCUT2D eigenvalue weighted by Crippen LogP contribution is -2.23. The molecule has 0 spiro atoms. The third kappa shape index (κ3) is 1.18. The maximum Gasteiger partial charge on any atom is 0.0900 e. The largest absolute Gasteiger partial charge is 0.246 e. The summed E-state index contributed by atoms with van der Waals surface area (Å²) in [6, 6.07) is 0. The molecule has 1 aliphatic carbocycles. The highest BCUT2D eigenvalue weighted by molar-refractivity contribution is 7.11. The second-order valence-electron chi connectivity index (χ2n) is 4.24. The Morgan fingerprint density at radius 1 is 1.42 bits per heavy atom. The molecule has 0 aromatic carbocycles. The van der Waals surface area contributed by atoms with Gasteiger partial charge in [0.2, 0.25) is 0 Å². The van der Waals surface area contributed by atoms with Crippen molar-refractivity contribution < 1.29 is 0 Å². The molecule has 0 unspecified atom stereocenters. The Balaban J connectivity index is 2.51. The Hall–Kier alpha value is -0.370. The van der Waals surface area contributed by atoms with Crippen LogP contribution < -0.4 is 0 Å². The maximum atomic E-state index is 4.62. The summed E-state index contributed by atoms with van der Waals surface area (Å²) in [7, 11) is 0. The number of fused-ring (bicyclic) bond motifs is 1. The molecule has 2 rings (SSSR count). The van der Waals surface area contributed by atoms with Gasteiger partial charge in [-0.15, -0.1) is 11.3 Å². The fourth-order valence-electron chi connectivity index (χ4n) is 1.98. The molecule has 1 nitrogen and oxygen atoms in total. The van der Waals surface area contributed by atoms with Gasteiger partial charge in [0.05, 0.1) is 10.7 Å². The maximum absolute atomic E-state index is 4.62. The smallest absolute Gasteiger partial charge is 0.0900 e. The summed E-state index contributed by atoms with van der Waals surface area (Å²) in [4.78, 5) is 6.15. The highest BCUT2D eigenvalue weighted by atomic mass is 32.1. The molecule has 0 saturated heterocycles. The summed E-state index contributed by atoms with van der Waals surface area (Å²) >= 11 is 1.88. The summed E-state index contributed by atoms with van der Waals surface area (Å²) in [6.45, 7) is 6.73. The van der Waals surface area contributed by atoms with E-state index >= 15 is 0 Å². The van der Waals surface area contributed by atoms with Gasteiger partial charge in [-0.3, -0.25) is 0 Å². The van der Waals surface area contributed by atoms with E-state index in [1.54, 1.807) is 0 Å². The van der Waals surface area contributed by atoms with Gasteiger partial charge in [-0.05, 0) is 26.2 Å². The predicted octanol–water partition coefficient (Wildman–Crippen LogP) is 3.07. The number of aromatic nitrogens is 1. The van der Waals surface area contributed by atoms with Gasteiger partial charge in [0.15, 0.2) is 0 Å². The zero-order valence-corrected chi connectivity index (χ0v) is 8.79. The van der Waals surface area contributed by atoms with Gasteiger partial charge in [-0.25, -0.2) is 4.98 Å². The molecule has 1 aliphatic rings. The van der Waals surface area contributed by atoms with E-state index in [1.807, 2.05) is 11.3 Å². The quantitative estimate of drug-likeness (QED) is 0.599. The van der Waals surface area contributed by atoms with Crippen LogP contribution >= 0.6 is 11.3 Å². The van der Waals surface area contributed by atoms with Crippen LogP contribution in [-0.4, -0.2) is 4.98 Å².